The lowest BCUT2D eigenvalue weighted by molar-refractivity contribution is -0.141. The molecule has 0 spiro atoms. The van der Waals surface area contributed by atoms with Crippen LogP contribution in [0, 0.1) is 18.3 Å². The summed E-state index contributed by atoms with van der Waals surface area (Å²) in [7, 11) is 1.54. The van der Waals surface area contributed by atoms with Crippen molar-refractivity contribution in [3.8, 4) is 12.3 Å². The minimum Gasteiger partial charge on any atom is -0.480 e. The van der Waals surface area contributed by atoms with Crippen LogP contribution in [-0.2, 0) is 9.53 Å². The fraction of sp³-hybridized carbons (Fsp3) is 0.667. The van der Waals surface area contributed by atoms with Crippen molar-refractivity contribution in [3.05, 3.63) is 0 Å². The van der Waals surface area contributed by atoms with E-state index in [1.807, 2.05) is 0 Å². The lowest BCUT2D eigenvalue weighted by Gasteiger charge is -2.19. The molecule has 0 rings (SSSR count). The van der Waals surface area contributed by atoms with Crippen molar-refractivity contribution in [2.45, 2.75) is 13.0 Å². The van der Waals surface area contributed by atoms with Crippen molar-refractivity contribution in [2.24, 2.45) is 5.92 Å². The monoisotopic (exact) mass is 185 g/mol. The largest absolute Gasteiger partial charge is 0.480 e. The highest BCUT2D eigenvalue weighted by Crippen LogP contribution is 2.03. The van der Waals surface area contributed by atoms with Crippen molar-refractivity contribution in [1.29, 1.82) is 0 Å². The maximum atomic E-state index is 10.7. The summed E-state index contributed by atoms with van der Waals surface area (Å²) in [5.74, 6) is 1.33. The molecule has 4 nitrogen and oxygen atoms in total. The second kappa shape index (κ2) is 6.46. The van der Waals surface area contributed by atoms with Crippen LogP contribution in [0.1, 0.15) is 6.92 Å². The maximum Gasteiger partial charge on any atom is 0.321 e. The van der Waals surface area contributed by atoms with E-state index in [4.69, 9.17) is 16.3 Å². The lowest BCUT2D eigenvalue weighted by atomic mass is 10.0. The van der Waals surface area contributed by atoms with Gasteiger partial charge in [-0.1, -0.05) is 12.8 Å². The summed E-state index contributed by atoms with van der Waals surface area (Å²) in [5, 5.41) is 11.5. The Bertz CT molecular complexity index is 198. The Labute approximate surface area is 78.3 Å². The average molecular weight is 185 g/mol. The van der Waals surface area contributed by atoms with E-state index in [2.05, 4.69) is 11.2 Å². The summed E-state index contributed by atoms with van der Waals surface area (Å²) < 4.78 is 4.86. The predicted molar refractivity (Wildman–Crippen MR) is 49.3 cm³/mol. The third-order valence-electron chi connectivity index (χ3n) is 1.69. The van der Waals surface area contributed by atoms with Gasteiger partial charge in [0.05, 0.1) is 13.2 Å². The first-order chi connectivity index (χ1) is 6.13. The third-order valence-corrected chi connectivity index (χ3v) is 1.69. The van der Waals surface area contributed by atoms with Crippen LogP contribution < -0.4 is 5.32 Å². The fourth-order valence-corrected chi connectivity index (χ4v) is 1.06. The summed E-state index contributed by atoms with van der Waals surface area (Å²) in [6.07, 6.45) is 5.01. The molecule has 0 radical (unpaired) electrons. The van der Waals surface area contributed by atoms with Crippen molar-refractivity contribution >= 4 is 5.97 Å². The first-order valence-corrected chi connectivity index (χ1v) is 4.02. The van der Waals surface area contributed by atoms with E-state index in [9.17, 15) is 4.79 Å². The molecule has 0 aromatic heterocycles. The second-order valence-electron chi connectivity index (χ2n) is 2.83. The zero-order chi connectivity index (χ0) is 10.3. The molecule has 4 heteroatoms. The van der Waals surface area contributed by atoms with Gasteiger partial charge in [0, 0.05) is 13.0 Å². The van der Waals surface area contributed by atoms with E-state index in [-0.39, 0.29) is 12.5 Å². The number of hydrogen-bond acceptors (Lipinski definition) is 3. The first kappa shape index (κ1) is 11.9. The van der Waals surface area contributed by atoms with Gasteiger partial charge in [0.25, 0.3) is 0 Å². The van der Waals surface area contributed by atoms with Crippen molar-refractivity contribution < 1.29 is 14.6 Å². The minimum atomic E-state index is -0.903. The summed E-state index contributed by atoms with van der Waals surface area (Å²) in [6, 6.07) is -0.643. The molecular weight excluding hydrogens is 170 g/mol. The van der Waals surface area contributed by atoms with Crippen LogP contribution in [0.2, 0.25) is 0 Å². The topological polar surface area (TPSA) is 58.6 Å². The van der Waals surface area contributed by atoms with Gasteiger partial charge in [0.2, 0.25) is 0 Å². The Hall–Kier alpha value is -1.05. The molecule has 0 amide bonds. The molecule has 0 saturated heterocycles. The number of ether oxygens (including phenoxy) is 1. The number of nitrogens with one attached hydrogen (secondary N) is 1. The number of rotatable bonds is 6. The summed E-state index contributed by atoms with van der Waals surface area (Å²) in [5.41, 5.74) is 0. The third kappa shape index (κ3) is 4.51. The summed E-state index contributed by atoms with van der Waals surface area (Å²) >= 11 is 0. The Morgan fingerprint density at radius 3 is 2.77 bits per heavy atom. The number of carboxylic acids is 1. The van der Waals surface area contributed by atoms with Crippen LogP contribution in [0.3, 0.4) is 0 Å². The highest BCUT2D eigenvalue weighted by molar-refractivity contribution is 5.73. The smallest absolute Gasteiger partial charge is 0.321 e. The number of terminal acetylenes is 1. The van der Waals surface area contributed by atoms with Crippen molar-refractivity contribution in [2.75, 3.05) is 20.3 Å². The molecule has 0 saturated carbocycles. The zero-order valence-corrected chi connectivity index (χ0v) is 7.91. The van der Waals surface area contributed by atoms with Gasteiger partial charge in [-0.3, -0.25) is 10.1 Å². The number of carboxylic acid groups (broad SMARTS) is 1. The Balaban J connectivity index is 4.08. The van der Waals surface area contributed by atoms with Crippen LogP contribution in [0.15, 0.2) is 0 Å². The van der Waals surface area contributed by atoms with E-state index in [0.717, 1.165) is 0 Å². The molecule has 74 valence electrons. The molecular formula is C9H15NO3. The molecule has 2 unspecified atom stereocenters. The number of carbonyl (C=O) groups is 1. The molecule has 0 aromatic rings. The Kier molecular flexibility index (Phi) is 5.94. The molecule has 0 heterocycles. The normalized spacial score (nSPS) is 14.5. The van der Waals surface area contributed by atoms with E-state index < -0.39 is 12.0 Å². The van der Waals surface area contributed by atoms with Crippen LogP contribution in [0.25, 0.3) is 0 Å². The molecule has 0 aliphatic carbocycles. The van der Waals surface area contributed by atoms with Crippen LogP contribution >= 0.6 is 0 Å². The standard InChI is InChI=1S/C9H15NO3/c1-4-5-10-8(9(11)12)7(2)6-13-3/h1,7-8,10H,5-6H2,2-3H3,(H,11,12). The second-order valence-corrected chi connectivity index (χ2v) is 2.83. The number of aliphatic carboxylic acids is 1. The fourth-order valence-electron chi connectivity index (χ4n) is 1.06. The molecule has 0 bridgehead atoms. The van der Waals surface area contributed by atoms with Gasteiger partial charge in [0.15, 0.2) is 0 Å². The number of methoxy groups -OCH3 is 1. The SMILES string of the molecule is C#CCNC(C(=O)O)C(C)COC. The quantitative estimate of drug-likeness (QED) is 0.569. The van der Waals surface area contributed by atoms with Gasteiger partial charge < -0.3 is 9.84 Å². The molecule has 0 fully saturated rings. The highest BCUT2D eigenvalue weighted by Gasteiger charge is 2.23. The van der Waals surface area contributed by atoms with Gasteiger partial charge in [-0.2, -0.15) is 0 Å². The molecule has 0 aromatic carbocycles. The first-order valence-electron chi connectivity index (χ1n) is 4.02. The Morgan fingerprint density at radius 1 is 1.77 bits per heavy atom. The molecule has 2 atom stereocenters. The van der Waals surface area contributed by atoms with Crippen LogP contribution in [-0.4, -0.2) is 37.4 Å². The molecule has 0 aliphatic heterocycles. The average Bonchev–Trinajstić information content (AvgIpc) is 2.05. The van der Waals surface area contributed by atoms with E-state index in [1.165, 1.54) is 7.11 Å². The van der Waals surface area contributed by atoms with Gasteiger partial charge in [-0.05, 0) is 0 Å². The van der Waals surface area contributed by atoms with Crippen molar-refractivity contribution in [1.82, 2.24) is 5.32 Å². The molecule has 2 N–H and O–H groups in total. The van der Waals surface area contributed by atoms with E-state index in [0.29, 0.717) is 6.61 Å². The summed E-state index contributed by atoms with van der Waals surface area (Å²) in [4.78, 5) is 10.7. The molecule has 0 aliphatic rings. The van der Waals surface area contributed by atoms with Crippen molar-refractivity contribution in [3.63, 3.8) is 0 Å². The summed E-state index contributed by atoms with van der Waals surface area (Å²) in [6.45, 7) is 2.45. The van der Waals surface area contributed by atoms with Gasteiger partial charge in [-0.25, -0.2) is 0 Å². The predicted octanol–water partition coefficient (Wildman–Crippen LogP) is -0.0551. The lowest BCUT2D eigenvalue weighted by Crippen LogP contribution is -2.43. The van der Waals surface area contributed by atoms with Gasteiger partial charge >= 0.3 is 5.97 Å². The minimum absolute atomic E-state index is 0.101. The zero-order valence-electron chi connectivity index (χ0n) is 7.91. The van der Waals surface area contributed by atoms with Crippen LogP contribution in [0.4, 0.5) is 0 Å². The van der Waals surface area contributed by atoms with Gasteiger partial charge in [-0.15, -0.1) is 6.42 Å². The Morgan fingerprint density at radius 2 is 2.38 bits per heavy atom. The van der Waals surface area contributed by atoms with E-state index >= 15 is 0 Å². The van der Waals surface area contributed by atoms with Gasteiger partial charge in [0.1, 0.15) is 6.04 Å². The van der Waals surface area contributed by atoms with E-state index in [1.54, 1.807) is 6.92 Å². The highest BCUT2D eigenvalue weighted by atomic mass is 16.5. The molecule has 13 heavy (non-hydrogen) atoms. The number of hydrogen-bond donors (Lipinski definition) is 2. The maximum absolute atomic E-state index is 10.7. The van der Waals surface area contributed by atoms with Crippen LogP contribution in [0.5, 0.6) is 0 Å².